The van der Waals surface area contributed by atoms with Gasteiger partial charge >= 0.3 is 6.18 Å². The first-order valence-electron chi connectivity index (χ1n) is 6.10. The summed E-state index contributed by atoms with van der Waals surface area (Å²) in [4.78, 5) is 3.50. The number of alkyl halides is 3. The minimum absolute atomic E-state index is 0.0711. The van der Waals surface area contributed by atoms with E-state index in [0.29, 0.717) is 0 Å². The Morgan fingerprint density at radius 3 is 2.43 bits per heavy atom. The molecule has 0 saturated carbocycles. The molecule has 0 bridgehead atoms. The van der Waals surface area contributed by atoms with Crippen LogP contribution in [0, 0.1) is 17.1 Å². The van der Waals surface area contributed by atoms with Crippen LogP contribution in [0.2, 0.25) is 0 Å². The number of hydrogen-bond acceptors (Lipinski definition) is 2. The molecule has 0 aliphatic heterocycles. The molecular formula is C14H11F4N3. The zero-order chi connectivity index (χ0) is 15.8. The summed E-state index contributed by atoms with van der Waals surface area (Å²) >= 11 is 0. The van der Waals surface area contributed by atoms with Crippen LogP contribution in [0.3, 0.4) is 0 Å². The first-order chi connectivity index (χ1) is 9.74. The lowest BCUT2D eigenvalue weighted by Crippen LogP contribution is -2.05. The van der Waals surface area contributed by atoms with Gasteiger partial charge in [0, 0.05) is 12.2 Å². The Morgan fingerprint density at radius 1 is 1.29 bits per heavy atom. The van der Waals surface area contributed by atoms with Gasteiger partial charge in [-0.3, -0.25) is 0 Å². The molecule has 0 aliphatic carbocycles. The van der Waals surface area contributed by atoms with E-state index in [-0.39, 0.29) is 23.0 Å². The molecule has 0 atom stereocenters. The molecule has 0 amide bonds. The van der Waals surface area contributed by atoms with Crippen LogP contribution >= 0.6 is 0 Å². The zero-order valence-corrected chi connectivity index (χ0v) is 11.2. The van der Waals surface area contributed by atoms with Crippen molar-refractivity contribution in [2.45, 2.75) is 26.1 Å². The van der Waals surface area contributed by atoms with Gasteiger partial charge in [0.15, 0.2) is 5.69 Å². The van der Waals surface area contributed by atoms with E-state index in [1.54, 1.807) is 19.9 Å². The van der Waals surface area contributed by atoms with Crippen molar-refractivity contribution < 1.29 is 17.6 Å². The Kier molecular flexibility index (Phi) is 3.73. The van der Waals surface area contributed by atoms with Gasteiger partial charge in [0.1, 0.15) is 11.6 Å². The van der Waals surface area contributed by atoms with E-state index in [1.807, 2.05) is 0 Å². The Balaban J connectivity index is 2.63. The quantitative estimate of drug-likeness (QED) is 0.781. The molecule has 2 rings (SSSR count). The van der Waals surface area contributed by atoms with Crippen LogP contribution in [0.25, 0.3) is 11.4 Å². The highest BCUT2D eigenvalue weighted by Gasteiger charge is 2.35. The lowest BCUT2D eigenvalue weighted by molar-refractivity contribution is -0.140. The second-order valence-electron chi connectivity index (χ2n) is 4.75. The second-order valence-corrected chi connectivity index (χ2v) is 4.75. The van der Waals surface area contributed by atoms with Gasteiger partial charge in [-0.25, -0.2) is 9.37 Å². The Bertz CT molecular complexity index is 708. The molecule has 0 fully saturated rings. The average Bonchev–Trinajstić information content (AvgIpc) is 2.83. The topological polar surface area (TPSA) is 41.6 Å². The van der Waals surface area contributed by atoms with Crippen molar-refractivity contribution in [2.75, 3.05) is 0 Å². The monoisotopic (exact) mass is 297 g/mol. The van der Waals surface area contributed by atoms with Crippen molar-refractivity contribution in [3.05, 3.63) is 41.5 Å². The summed E-state index contributed by atoms with van der Waals surface area (Å²) in [6, 6.07) is 5.02. The molecule has 7 heteroatoms. The van der Waals surface area contributed by atoms with E-state index in [0.717, 1.165) is 12.3 Å². The molecular weight excluding hydrogens is 286 g/mol. The summed E-state index contributed by atoms with van der Waals surface area (Å²) in [7, 11) is 0. The van der Waals surface area contributed by atoms with Crippen LogP contribution in [0.5, 0.6) is 0 Å². The van der Waals surface area contributed by atoms with Gasteiger partial charge in [0.2, 0.25) is 0 Å². The third kappa shape index (κ3) is 2.89. The fourth-order valence-electron chi connectivity index (χ4n) is 1.89. The number of benzene rings is 1. The zero-order valence-electron chi connectivity index (χ0n) is 11.2. The molecule has 0 radical (unpaired) electrons. The van der Waals surface area contributed by atoms with E-state index < -0.39 is 17.7 Å². The summed E-state index contributed by atoms with van der Waals surface area (Å²) < 4.78 is 53.5. The van der Waals surface area contributed by atoms with Crippen LogP contribution in [0.15, 0.2) is 24.4 Å². The number of hydrogen-bond donors (Lipinski definition) is 0. The predicted molar refractivity (Wildman–Crippen MR) is 67.7 cm³/mol. The lowest BCUT2D eigenvalue weighted by Gasteiger charge is -2.11. The molecule has 2 aromatic rings. The maximum atomic E-state index is 14.0. The van der Waals surface area contributed by atoms with Crippen molar-refractivity contribution in [1.29, 1.82) is 5.26 Å². The van der Waals surface area contributed by atoms with Crippen LogP contribution in [-0.4, -0.2) is 9.55 Å². The molecule has 1 aromatic heterocycles. The third-order valence-corrected chi connectivity index (χ3v) is 2.92. The van der Waals surface area contributed by atoms with E-state index in [4.69, 9.17) is 5.26 Å². The van der Waals surface area contributed by atoms with E-state index >= 15 is 0 Å². The maximum absolute atomic E-state index is 14.0. The lowest BCUT2D eigenvalue weighted by atomic mass is 10.1. The number of aromatic nitrogens is 2. The molecule has 110 valence electrons. The first-order valence-corrected chi connectivity index (χ1v) is 6.10. The minimum atomic E-state index is -4.60. The van der Waals surface area contributed by atoms with Crippen molar-refractivity contribution >= 4 is 0 Å². The maximum Gasteiger partial charge on any atom is 0.434 e. The highest BCUT2D eigenvalue weighted by atomic mass is 19.4. The SMILES string of the molecule is CC(C)n1cc(C(F)(F)F)nc1-c1ccc(C#N)cc1F. The van der Waals surface area contributed by atoms with Crippen LogP contribution in [0.1, 0.15) is 31.1 Å². The smallest absolute Gasteiger partial charge is 0.328 e. The number of nitriles is 1. The van der Waals surface area contributed by atoms with Gasteiger partial charge < -0.3 is 4.57 Å². The molecule has 0 N–H and O–H groups in total. The molecule has 0 aliphatic rings. The molecule has 0 saturated heterocycles. The van der Waals surface area contributed by atoms with Gasteiger partial charge in [0.05, 0.1) is 17.2 Å². The molecule has 1 heterocycles. The Morgan fingerprint density at radius 2 is 1.95 bits per heavy atom. The van der Waals surface area contributed by atoms with Gasteiger partial charge in [-0.1, -0.05) is 0 Å². The van der Waals surface area contributed by atoms with Gasteiger partial charge in [-0.15, -0.1) is 0 Å². The highest BCUT2D eigenvalue weighted by Crippen LogP contribution is 2.33. The second kappa shape index (κ2) is 5.20. The minimum Gasteiger partial charge on any atom is -0.328 e. The number of rotatable bonds is 2. The van der Waals surface area contributed by atoms with Crippen LogP contribution < -0.4 is 0 Å². The van der Waals surface area contributed by atoms with Crippen molar-refractivity contribution in [3.63, 3.8) is 0 Å². The summed E-state index contributed by atoms with van der Waals surface area (Å²) in [5.41, 5.74) is -1.05. The predicted octanol–water partition coefficient (Wildman–Crippen LogP) is 4.16. The normalized spacial score (nSPS) is 11.7. The Hall–Kier alpha value is -2.36. The molecule has 1 aromatic carbocycles. The molecule has 3 nitrogen and oxygen atoms in total. The van der Waals surface area contributed by atoms with Crippen molar-refractivity contribution in [2.24, 2.45) is 0 Å². The third-order valence-electron chi connectivity index (χ3n) is 2.92. The summed E-state index contributed by atoms with van der Waals surface area (Å²) in [6.07, 6.45) is -3.74. The standard InChI is InChI=1S/C14H11F4N3/c1-8(2)21-7-12(14(16,17)18)20-13(21)10-4-3-9(6-19)5-11(10)15/h3-5,7-8H,1-2H3. The molecule has 21 heavy (non-hydrogen) atoms. The van der Waals surface area contributed by atoms with Crippen LogP contribution in [-0.2, 0) is 6.18 Å². The molecule has 0 spiro atoms. The summed E-state index contributed by atoms with van der Waals surface area (Å²) in [5.74, 6) is -0.894. The summed E-state index contributed by atoms with van der Waals surface area (Å²) in [5, 5.41) is 8.69. The van der Waals surface area contributed by atoms with Gasteiger partial charge in [-0.2, -0.15) is 18.4 Å². The fraction of sp³-hybridized carbons (Fsp3) is 0.286. The van der Waals surface area contributed by atoms with Crippen molar-refractivity contribution in [1.82, 2.24) is 9.55 Å². The van der Waals surface area contributed by atoms with E-state index in [1.165, 1.54) is 16.7 Å². The fourth-order valence-corrected chi connectivity index (χ4v) is 1.89. The average molecular weight is 297 g/mol. The van der Waals surface area contributed by atoms with E-state index in [9.17, 15) is 17.6 Å². The largest absolute Gasteiger partial charge is 0.434 e. The van der Waals surface area contributed by atoms with Crippen LogP contribution in [0.4, 0.5) is 17.6 Å². The number of imidazole rings is 1. The number of halogens is 4. The van der Waals surface area contributed by atoms with Crippen molar-refractivity contribution in [3.8, 4) is 17.5 Å². The summed E-state index contributed by atoms with van der Waals surface area (Å²) in [6.45, 7) is 3.35. The van der Waals surface area contributed by atoms with E-state index in [2.05, 4.69) is 4.98 Å². The number of nitrogens with zero attached hydrogens (tertiary/aromatic N) is 3. The highest BCUT2D eigenvalue weighted by molar-refractivity contribution is 5.59. The first kappa shape index (κ1) is 15.0. The van der Waals surface area contributed by atoms with Gasteiger partial charge in [0.25, 0.3) is 0 Å². The molecule has 0 unspecified atom stereocenters. The Labute approximate surface area is 118 Å². The van der Waals surface area contributed by atoms with Gasteiger partial charge in [-0.05, 0) is 32.0 Å².